The number of carboxylic acids is 1. The molecule has 2 aliphatic rings. The fraction of sp³-hybridized carbons (Fsp3) is 0.650. The molecule has 2 heteroatoms. The zero-order valence-corrected chi connectivity index (χ0v) is 14.3. The number of carbonyl (C=O) groups is 1. The summed E-state index contributed by atoms with van der Waals surface area (Å²) in [5, 5.41) is 8.87. The van der Waals surface area contributed by atoms with Crippen molar-refractivity contribution in [2.75, 3.05) is 0 Å². The highest BCUT2D eigenvalue weighted by atomic mass is 16.4. The summed E-state index contributed by atoms with van der Waals surface area (Å²) >= 11 is 0. The Balaban J connectivity index is 2.16. The first-order valence-corrected chi connectivity index (χ1v) is 8.52. The molecule has 0 aromatic heterocycles. The van der Waals surface area contributed by atoms with Crippen molar-refractivity contribution in [2.24, 2.45) is 23.2 Å². The highest BCUT2D eigenvalue weighted by Gasteiger charge is 2.48. The van der Waals surface area contributed by atoms with Crippen molar-refractivity contribution in [1.29, 1.82) is 0 Å². The monoisotopic (exact) mass is 302 g/mol. The first kappa shape index (κ1) is 17.1. The van der Waals surface area contributed by atoms with Crippen LogP contribution in [-0.4, -0.2) is 11.1 Å². The molecule has 0 aromatic rings. The molecule has 2 saturated carbocycles. The normalized spacial score (nSPS) is 36.1. The zero-order chi connectivity index (χ0) is 16.5. The van der Waals surface area contributed by atoms with E-state index >= 15 is 0 Å². The minimum atomic E-state index is -0.844. The minimum absolute atomic E-state index is 0.266. The van der Waals surface area contributed by atoms with Gasteiger partial charge in [-0.25, -0.2) is 4.79 Å². The maximum absolute atomic E-state index is 10.8. The third-order valence-corrected chi connectivity index (χ3v) is 6.23. The summed E-state index contributed by atoms with van der Waals surface area (Å²) in [7, 11) is 0. The van der Waals surface area contributed by atoms with Gasteiger partial charge < -0.3 is 5.11 Å². The Bertz CT molecular complexity index is 514. The van der Waals surface area contributed by atoms with Crippen LogP contribution in [0.5, 0.6) is 0 Å². The van der Waals surface area contributed by atoms with Crippen LogP contribution in [0.25, 0.3) is 0 Å². The molecule has 0 aliphatic heterocycles. The molecule has 2 fully saturated rings. The molecule has 22 heavy (non-hydrogen) atoms. The van der Waals surface area contributed by atoms with E-state index in [2.05, 4.69) is 27.0 Å². The summed E-state index contributed by atoms with van der Waals surface area (Å²) in [6.45, 7) is 15.4. The molecule has 0 amide bonds. The Morgan fingerprint density at radius 1 is 1.41 bits per heavy atom. The predicted molar refractivity (Wildman–Crippen MR) is 91.6 cm³/mol. The summed E-state index contributed by atoms with van der Waals surface area (Å²) in [6, 6.07) is 0. The topological polar surface area (TPSA) is 37.3 Å². The molecule has 0 radical (unpaired) electrons. The van der Waals surface area contributed by atoms with Crippen LogP contribution in [0.1, 0.15) is 59.3 Å². The van der Waals surface area contributed by atoms with Crippen LogP contribution in [0.2, 0.25) is 0 Å². The van der Waals surface area contributed by atoms with E-state index in [9.17, 15) is 4.79 Å². The second-order valence-electron chi connectivity index (χ2n) is 7.69. The number of fused-ring (bicyclic) bond motifs is 1. The van der Waals surface area contributed by atoms with Gasteiger partial charge in [0.15, 0.2) is 0 Å². The largest absolute Gasteiger partial charge is 0.478 e. The smallest absolute Gasteiger partial charge is 0.328 e. The fourth-order valence-corrected chi connectivity index (χ4v) is 4.75. The number of hydrogen-bond donors (Lipinski definition) is 1. The van der Waals surface area contributed by atoms with Crippen molar-refractivity contribution in [3.05, 3.63) is 36.0 Å². The Kier molecular flexibility index (Phi) is 4.99. The predicted octanol–water partition coefficient (Wildman–Crippen LogP) is 5.37. The van der Waals surface area contributed by atoms with E-state index in [1.807, 2.05) is 6.92 Å². The summed E-state index contributed by atoms with van der Waals surface area (Å²) in [5.74, 6) is 0.894. The van der Waals surface area contributed by atoms with E-state index in [1.54, 1.807) is 0 Å². The number of allylic oxidation sites excluding steroid dienone is 3. The number of carboxylic acid groups (broad SMARTS) is 1. The maximum atomic E-state index is 10.8. The summed E-state index contributed by atoms with van der Waals surface area (Å²) in [6.07, 6.45) is 7.96. The summed E-state index contributed by atoms with van der Waals surface area (Å²) in [5.41, 5.74) is 4.02. The van der Waals surface area contributed by atoms with Gasteiger partial charge in [-0.15, -0.1) is 0 Å². The molecular formula is C20H30O2. The number of aliphatic carboxylic acids is 1. The SMILES string of the molecule is C=C1CC[C@H]2C(=C)[C@H](C)CC[C@]2(C)[C@H]1CC/C(C)=C/C(=O)O. The Morgan fingerprint density at radius 3 is 2.73 bits per heavy atom. The second kappa shape index (κ2) is 6.44. The molecule has 122 valence electrons. The lowest BCUT2D eigenvalue weighted by atomic mass is 9.51. The van der Waals surface area contributed by atoms with Gasteiger partial charge in [-0.05, 0) is 68.6 Å². The van der Waals surface area contributed by atoms with E-state index in [0.29, 0.717) is 17.8 Å². The molecule has 2 aliphatic carbocycles. The van der Waals surface area contributed by atoms with Gasteiger partial charge in [0, 0.05) is 6.08 Å². The molecule has 1 N–H and O–H groups in total. The summed E-state index contributed by atoms with van der Waals surface area (Å²) in [4.78, 5) is 10.8. The Hall–Kier alpha value is -1.31. The fourth-order valence-electron chi connectivity index (χ4n) is 4.75. The van der Waals surface area contributed by atoms with E-state index in [-0.39, 0.29) is 5.41 Å². The van der Waals surface area contributed by atoms with Crippen LogP contribution in [0, 0.1) is 23.2 Å². The van der Waals surface area contributed by atoms with E-state index in [0.717, 1.165) is 24.8 Å². The van der Waals surface area contributed by atoms with Crippen LogP contribution in [-0.2, 0) is 4.79 Å². The average Bonchev–Trinajstić information content (AvgIpc) is 2.42. The van der Waals surface area contributed by atoms with Gasteiger partial charge in [-0.2, -0.15) is 0 Å². The zero-order valence-electron chi connectivity index (χ0n) is 14.3. The molecule has 0 heterocycles. The van der Waals surface area contributed by atoms with Crippen molar-refractivity contribution in [1.82, 2.24) is 0 Å². The molecule has 0 bridgehead atoms. The van der Waals surface area contributed by atoms with Crippen LogP contribution in [0.15, 0.2) is 36.0 Å². The van der Waals surface area contributed by atoms with Crippen LogP contribution < -0.4 is 0 Å². The molecule has 0 unspecified atom stereocenters. The van der Waals surface area contributed by atoms with E-state index < -0.39 is 5.97 Å². The molecule has 0 aromatic carbocycles. The Morgan fingerprint density at radius 2 is 2.09 bits per heavy atom. The molecular weight excluding hydrogens is 272 g/mol. The molecule has 2 rings (SSSR count). The standard InChI is InChI=1S/C20H30O2/c1-13(12-19(21)22)6-8-17-15(3)7-9-18-16(4)14(2)10-11-20(17,18)5/h12,14,17-18H,3-4,6-11H2,1-2,5H3,(H,21,22)/b13-12+/t14-,17+,18+,20-/m1/s1. The van der Waals surface area contributed by atoms with Gasteiger partial charge in [-0.3, -0.25) is 0 Å². The van der Waals surface area contributed by atoms with Gasteiger partial charge in [0.05, 0.1) is 0 Å². The first-order valence-electron chi connectivity index (χ1n) is 8.52. The van der Waals surface area contributed by atoms with Crippen LogP contribution in [0.3, 0.4) is 0 Å². The van der Waals surface area contributed by atoms with Gasteiger partial charge in [0.2, 0.25) is 0 Å². The Labute approximate surface area is 135 Å². The number of rotatable bonds is 4. The van der Waals surface area contributed by atoms with E-state index in [4.69, 9.17) is 5.11 Å². The van der Waals surface area contributed by atoms with Crippen LogP contribution >= 0.6 is 0 Å². The molecule has 4 atom stereocenters. The lowest BCUT2D eigenvalue weighted by molar-refractivity contribution is -0.131. The van der Waals surface area contributed by atoms with Gasteiger partial charge in [0.25, 0.3) is 0 Å². The quantitative estimate of drug-likeness (QED) is 0.559. The van der Waals surface area contributed by atoms with Gasteiger partial charge in [-0.1, -0.05) is 43.7 Å². The van der Waals surface area contributed by atoms with Crippen molar-refractivity contribution in [2.45, 2.75) is 59.3 Å². The van der Waals surface area contributed by atoms with Crippen LogP contribution in [0.4, 0.5) is 0 Å². The lowest BCUT2D eigenvalue weighted by Crippen LogP contribution is -2.44. The summed E-state index contributed by atoms with van der Waals surface area (Å²) < 4.78 is 0. The second-order valence-corrected chi connectivity index (χ2v) is 7.69. The molecule has 0 saturated heterocycles. The highest BCUT2D eigenvalue weighted by molar-refractivity contribution is 5.80. The average molecular weight is 302 g/mol. The first-order chi connectivity index (χ1) is 10.3. The van der Waals surface area contributed by atoms with Gasteiger partial charge in [0.1, 0.15) is 0 Å². The molecule has 2 nitrogen and oxygen atoms in total. The third kappa shape index (κ3) is 3.21. The van der Waals surface area contributed by atoms with Crippen molar-refractivity contribution in [3.63, 3.8) is 0 Å². The number of hydrogen-bond acceptors (Lipinski definition) is 1. The van der Waals surface area contributed by atoms with Crippen molar-refractivity contribution < 1.29 is 9.90 Å². The minimum Gasteiger partial charge on any atom is -0.478 e. The van der Waals surface area contributed by atoms with Crippen molar-refractivity contribution >= 4 is 5.97 Å². The van der Waals surface area contributed by atoms with Gasteiger partial charge >= 0.3 is 5.97 Å². The lowest BCUT2D eigenvalue weighted by Gasteiger charge is -2.54. The third-order valence-electron chi connectivity index (χ3n) is 6.23. The van der Waals surface area contributed by atoms with E-state index in [1.165, 1.54) is 36.5 Å². The highest BCUT2D eigenvalue weighted by Crippen LogP contribution is 2.58. The maximum Gasteiger partial charge on any atom is 0.328 e. The molecule has 0 spiro atoms. The van der Waals surface area contributed by atoms with Crippen molar-refractivity contribution in [3.8, 4) is 0 Å².